The molecule has 0 radical (unpaired) electrons. The molecule has 0 aromatic heterocycles. The Morgan fingerprint density at radius 2 is 2.00 bits per heavy atom. The average molecular weight is 165 g/mol. The molecule has 1 aromatic carbocycles. The first-order valence-corrected chi connectivity index (χ1v) is 4.15. The third-order valence-electron chi connectivity index (χ3n) is 2.20. The van der Waals surface area contributed by atoms with Crippen molar-refractivity contribution >= 4 is 0 Å². The van der Waals surface area contributed by atoms with E-state index < -0.39 is 0 Å². The molecule has 0 bridgehead atoms. The van der Waals surface area contributed by atoms with Crippen LogP contribution in [0.3, 0.4) is 0 Å². The number of rotatable bonds is 2. The zero-order chi connectivity index (χ0) is 9.14. The number of nitrogens with two attached hydrogens (primary N) is 1. The van der Waals surface area contributed by atoms with Gasteiger partial charge in [0, 0.05) is 0 Å². The van der Waals surface area contributed by atoms with Crippen LogP contribution in [-0.2, 0) is 6.42 Å². The number of phenolic OH excluding ortho intramolecular Hbond substituents is 1. The van der Waals surface area contributed by atoms with Gasteiger partial charge in [-0.3, -0.25) is 0 Å². The van der Waals surface area contributed by atoms with Crippen molar-refractivity contribution in [2.75, 3.05) is 6.54 Å². The van der Waals surface area contributed by atoms with Crippen molar-refractivity contribution in [1.82, 2.24) is 0 Å². The van der Waals surface area contributed by atoms with Gasteiger partial charge in [-0.25, -0.2) is 0 Å². The Bertz CT molecular complexity index is 281. The van der Waals surface area contributed by atoms with E-state index in [9.17, 15) is 5.11 Å². The molecule has 0 unspecified atom stereocenters. The summed E-state index contributed by atoms with van der Waals surface area (Å²) in [4.78, 5) is 0. The molecule has 12 heavy (non-hydrogen) atoms. The van der Waals surface area contributed by atoms with E-state index >= 15 is 0 Å². The SMILES string of the molecule is Cc1ccc(CCN)c(O)c1C. The fourth-order valence-electron chi connectivity index (χ4n) is 1.21. The summed E-state index contributed by atoms with van der Waals surface area (Å²) < 4.78 is 0. The second kappa shape index (κ2) is 3.59. The number of hydrogen-bond donors (Lipinski definition) is 2. The van der Waals surface area contributed by atoms with Gasteiger partial charge in [0.05, 0.1) is 0 Å². The van der Waals surface area contributed by atoms with Crippen LogP contribution in [0.4, 0.5) is 0 Å². The Balaban J connectivity index is 3.08. The largest absolute Gasteiger partial charge is 0.507 e. The quantitative estimate of drug-likeness (QED) is 0.697. The van der Waals surface area contributed by atoms with Gasteiger partial charge in [-0.2, -0.15) is 0 Å². The fraction of sp³-hybridized carbons (Fsp3) is 0.400. The van der Waals surface area contributed by atoms with Gasteiger partial charge in [-0.1, -0.05) is 12.1 Å². The van der Waals surface area contributed by atoms with Crippen LogP contribution >= 0.6 is 0 Å². The molecule has 2 nitrogen and oxygen atoms in total. The maximum atomic E-state index is 9.65. The highest BCUT2D eigenvalue weighted by atomic mass is 16.3. The number of phenols is 1. The van der Waals surface area contributed by atoms with Crippen molar-refractivity contribution in [2.45, 2.75) is 20.3 Å². The highest BCUT2D eigenvalue weighted by molar-refractivity contribution is 5.44. The topological polar surface area (TPSA) is 46.2 Å². The Kier molecular flexibility index (Phi) is 2.71. The minimum atomic E-state index is 0.403. The van der Waals surface area contributed by atoms with Gasteiger partial charge in [0.25, 0.3) is 0 Å². The van der Waals surface area contributed by atoms with Gasteiger partial charge in [0.2, 0.25) is 0 Å². The highest BCUT2D eigenvalue weighted by Crippen LogP contribution is 2.24. The summed E-state index contributed by atoms with van der Waals surface area (Å²) in [6, 6.07) is 3.95. The van der Waals surface area contributed by atoms with E-state index in [1.165, 1.54) is 0 Å². The van der Waals surface area contributed by atoms with Gasteiger partial charge in [-0.15, -0.1) is 0 Å². The first-order valence-electron chi connectivity index (χ1n) is 4.15. The van der Waals surface area contributed by atoms with Crippen molar-refractivity contribution in [3.8, 4) is 5.75 Å². The smallest absolute Gasteiger partial charge is 0.121 e. The van der Waals surface area contributed by atoms with E-state index in [0.717, 1.165) is 23.1 Å². The predicted octanol–water partition coefficient (Wildman–Crippen LogP) is 1.51. The van der Waals surface area contributed by atoms with E-state index in [-0.39, 0.29) is 0 Å². The first kappa shape index (κ1) is 9.07. The lowest BCUT2D eigenvalue weighted by atomic mass is 10.0. The molecule has 0 spiro atoms. The molecule has 1 aromatic rings. The third kappa shape index (κ3) is 1.59. The molecule has 0 aliphatic rings. The van der Waals surface area contributed by atoms with Crippen molar-refractivity contribution < 1.29 is 5.11 Å². The van der Waals surface area contributed by atoms with Crippen molar-refractivity contribution in [3.05, 3.63) is 28.8 Å². The monoisotopic (exact) mass is 165 g/mol. The van der Waals surface area contributed by atoms with Crippen molar-refractivity contribution in [1.29, 1.82) is 0 Å². The summed E-state index contributed by atoms with van der Waals surface area (Å²) in [5.74, 6) is 0.403. The maximum Gasteiger partial charge on any atom is 0.121 e. The van der Waals surface area contributed by atoms with Crippen LogP contribution in [0.15, 0.2) is 12.1 Å². The molecular formula is C10H15NO. The lowest BCUT2D eigenvalue weighted by Crippen LogP contribution is -2.03. The minimum absolute atomic E-state index is 0.403. The Morgan fingerprint density at radius 3 is 2.58 bits per heavy atom. The normalized spacial score (nSPS) is 10.2. The van der Waals surface area contributed by atoms with Crippen LogP contribution in [0.1, 0.15) is 16.7 Å². The second-order valence-electron chi connectivity index (χ2n) is 3.05. The van der Waals surface area contributed by atoms with Crippen LogP contribution in [0, 0.1) is 13.8 Å². The van der Waals surface area contributed by atoms with Gasteiger partial charge in [-0.05, 0) is 43.5 Å². The molecule has 0 amide bonds. The molecule has 0 aliphatic carbocycles. The molecule has 3 N–H and O–H groups in total. The van der Waals surface area contributed by atoms with Crippen LogP contribution in [0.2, 0.25) is 0 Å². The molecule has 0 fully saturated rings. The lowest BCUT2D eigenvalue weighted by Gasteiger charge is -2.07. The molecule has 2 heteroatoms. The summed E-state index contributed by atoms with van der Waals surface area (Å²) in [7, 11) is 0. The van der Waals surface area contributed by atoms with E-state index in [1.807, 2.05) is 26.0 Å². The van der Waals surface area contributed by atoms with Crippen LogP contribution < -0.4 is 5.73 Å². The van der Waals surface area contributed by atoms with E-state index in [0.29, 0.717) is 12.3 Å². The van der Waals surface area contributed by atoms with Crippen molar-refractivity contribution in [3.63, 3.8) is 0 Å². The maximum absolute atomic E-state index is 9.65. The standard InChI is InChI=1S/C10H15NO/c1-7-3-4-9(5-6-11)10(12)8(7)2/h3-4,12H,5-6,11H2,1-2H3. The van der Waals surface area contributed by atoms with E-state index in [1.54, 1.807) is 0 Å². The lowest BCUT2D eigenvalue weighted by molar-refractivity contribution is 0.463. The van der Waals surface area contributed by atoms with Gasteiger partial charge in [0.1, 0.15) is 5.75 Å². The van der Waals surface area contributed by atoms with Gasteiger partial charge in [0.15, 0.2) is 0 Å². The van der Waals surface area contributed by atoms with E-state index in [4.69, 9.17) is 5.73 Å². The molecule has 0 atom stereocenters. The number of aryl methyl sites for hydroxylation is 1. The van der Waals surface area contributed by atoms with Gasteiger partial charge >= 0.3 is 0 Å². The summed E-state index contributed by atoms with van der Waals surface area (Å²) in [6.07, 6.45) is 0.743. The molecule has 1 rings (SSSR count). The van der Waals surface area contributed by atoms with E-state index in [2.05, 4.69) is 0 Å². The minimum Gasteiger partial charge on any atom is -0.507 e. The zero-order valence-electron chi connectivity index (χ0n) is 7.59. The molecule has 0 saturated heterocycles. The van der Waals surface area contributed by atoms with Crippen LogP contribution in [0.5, 0.6) is 5.75 Å². The third-order valence-corrected chi connectivity index (χ3v) is 2.20. The van der Waals surface area contributed by atoms with Crippen LogP contribution in [-0.4, -0.2) is 11.7 Å². The predicted molar refractivity (Wildman–Crippen MR) is 50.3 cm³/mol. The second-order valence-corrected chi connectivity index (χ2v) is 3.05. The van der Waals surface area contributed by atoms with Crippen molar-refractivity contribution in [2.24, 2.45) is 5.73 Å². The summed E-state index contributed by atoms with van der Waals surface area (Å²) in [5, 5.41) is 9.65. The number of aromatic hydroxyl groups is 1. The average Bonchev–Trinajstić information content (AvgIpc) is 2.07. The Hall–Kier alpha value is -1.02. The molecular weight excluding hydrogens is 150 g/mol. The number of hydrogen-bond acceptors (Lipinski definition) is 2. The molecule has 0 aliphatic heterocycles. The summed E-state index contributed by atoms with van der Waals surface area (Å²) >= 11 is 0. The number of benzene rings is 1. The summed E-state index contributed by atoms with van der Waals surface area (Å²) in [6.45, 7) is 4.49. The Morgan fingerprint density at radius 1 is 1.33 bits per heavy atom. The fourth-order valence-corrected chi connectivity index (χ4v) is 1.21. The first-order chi connectivity index (χ1) is 5.66. The molecule has 0 heterocycles. The zero-order valence-corrected chi connectivity index (χ0v) is 7.59. The summed E-state index contributed by atoms with van der Waals surface area (Å²) in [5.41, 5.74) is 8.43. The molecule has 0 saturated carbocycles. The molecule has 66 valence electrons. The van der Waals surface area contributed by atoms with Crippen LogP contribution in [0.25, 0.3) is 0 Å². The Labute approximate surface area is 73.0 Å². The highest BCUT2D eigenvalue weighted by Gasteiger charge is 2.04. The van der Waals surface area contributed by atoms with Gasteiger partial charge < -0.3 is 10.8 Å².